The molecule has 2 rings (SSSR count). The van der Waals surface area contributed by atoms with Crippen LogP contribution in [0, 0.1) is 0 Å². The van der Waals surface area contributed by atoms with Crippen molar-refractivity contribution in [3.8, 4) is 0 Å². The van der Waals surface area contributed by atoms with E-state index in [0.29, 0.717) is 5.69 Å². The van der Waals surface area contributed by atoms with Gasteiger partial charge in [0.2, 0.25) is 0 Å². The second-order valence-electron chi connectivity index (χ2n) is 4.26. The van der Waals surface area contributed by atoms with Gasteiger partial charge in [-0.2, -0.15) is 0 Å². The summed E-state index contributed by atoms with van der Waals surface area (Å²) in [6, 6.07) is 16.2. The highest BCUT2D eigenvalue weighted by atomic mass is 16.2. The highest BCUT2D eigenvalue weighted by molar-refractivity contribution is 5.90. The number of amides is 2. The van der Waals surface area contributed by atoms with Crippen molar-refractivity contribution in [2.75, 3.05) is 17.3 Å². The molecule has 0 aliphatic heterocycles. The van der Waals surface area contributed by atoms with Gasteiger partial charge in [0.05, 0.1) is 5.69 Å². The maximum atomic E-state index is 11.8. The third-order valence-electron chi connectivity index (χ3n) is 2.65. The molecule has 0 heterocycles. The smallest absolute Gasteiger partial charge is 0.307 e. The third-order valence-corrected chi connectivity index (χ3v) is 2.65. The van der Waals surface area contributed by atoms with Gasteiger partial charge in [0.15, 0.2) is 0 Å². The van der Waals surface area contributed by atoms with Gasteiger partial charge in [0.25, 0.3) is 0 Å². The summed E-state index contributed by atoms with van der Waals surface area (Å²) >= 11 is 0. The van der Waals surface area contributed by atoms with Gasteiger partial charge in [-0.05, 0) is 29.8 Å². The van der Waals surface area contributed by atoms with Crippen LogP contribution in [0.5, 0.6) is 0 Å². The standard InChI is InChI=1S/C16H16N3O2/c20-11-5-7-13-6-4-10-15(12-13)17-16(21)19-18-14-8-2-1-3-9-14/h1-10,12,18H,11H2,(H2,17,19,21)/b7-5+. The SMILES string of the molecule is [O]C/C=C/c1cccc(NC(=O)NNc2ccccc2)c1. The summed E-state index contributed by atoms with van der Waals surface area (Å²) in [6.45, 7) is -0.265. The summed E-state index contributed by atoms with van der Waals surface area (Å²) in [5, 5.41) is 13.1. The number of benzene rings is 2. The Morgan fingerprint density at radius 1 is 1.00 bits per heavy atom. The van der Waals surface area contributed by atoms with Gasteiger partial charge in [-0.25, -0.2) is 9.90 Å². The molecule has 0 fully saturated rings. The largest absolute Gasteiger partial charge is 0.337 e. The van der Waals surface area contributed by atoms with Gasteiger partial charge in [-0.15, -0.1) is 0 Å². The number of anilines is 2. The lowest BCUT2D eigenvalue weighted by Gasteiger charge is -2.10. The molecule has 2 aromatic rings. The van der Waals surface area contributed by atoms with E-state index in [-0.39, 0.29) is 12.6 Å². The van der Waals surface area contributed by atoms with Crippen molar-refractivity contribution in [1.82, 2.24) is 5.43 Å². The number of nitrogens with one attached hydrogen (secondary N) is 3. The first kappa shape index (κ1) is 14.6. The average molecular weight is 282 g/mol. The van der Waals surface area contributed by atoms with Crippen LogP contribution in [0.25, 0.3) is 6.08 Å². The second-order valence-corrected chi connectivity index (χ2v) is 4.26. The van der Waals surface area contributed by atoms with Gasteiger partial charge >= 0.3 is 6.03 Å². The summed E-state index contributed by atoms with van der Waals surface area (Å²) in [5.41, 5.74) is 7.64. The summed E-state index contributed by atoms with van der Waals surface area (Å²) in [6.07, 6.45) is 3.24. The number of hydrogen-bond acceptors (Lipinski definition) is 2. The van der Waals surface area contributed by atoms with Gasteiger partial charge in [-0.1, -0.05) is 42.5 Å². The van der Waals surface area contributed by atoms with Crippen LogP contribution >= 0.6 is 0 Å². The summed E-state index contributed by atoms with van der Waals surface area (Å²) in [4.78, 5) is 11.8. The van der Waals surface area contributed by atoms with Crippen molar-refractivity contribution in [1.29, 1.82) is 0 Å². The van der Waals surface area contributed by atoms with Crippen LogP contribution in [-0.4, -0.2) is 12.6 Å². The maximum absolute atomic E-state index is 11.8. The zero-order chi connectivity index (χ0) is 14.9. The molecule has 0 bridgehead atoms. The Kier molecular flexibility index (Phi) is 5.37. The van der Waals surface area contributed by atoms with Crippen molar-refractivity contribution in [3.63, 3.8) is 0 Å². The molecule has 2 aromatic carbocycles. The average Bonchev–Trinajstić information content (AvgIpc) is 2.52. The predicted octanol–water partition coefficient (Wildman–Crippen LogP) is 3.28. The fraction of sp³-hybridized carbons (Fsp3) is 0.0625. The lowest BCUT2D eigenvalue weighted by molar-refractivity contribution is 0.233. The number of carbonyl (C=O) groups excluding carboxylic acids is 1. The minimum absolute atomic E-state index is 0.265. The Bertz CT molecular complexity index is 612. The number of para-hydroxylation sites is 1. The van der Waals surface area contributed by atoms with Gasteiger partial charge in [-0.3, -0.25) is 10.9 Å². The maximum Gasteiger partial charge on any atom is 0.337 e. The van der Waals surface area contributed by atoms with E-state index >= 15 is 0 Å². The van der Waals surface area contributed by atoms with Crippen molar-refractivity contribution in [2.24, 2.45) is 0 Å². The first-order valence-corrected chi connectivity index (χ1v) is 6.51. The van der Waals surface area contributed by atoms with E-state index in [4.69, 9.17) is 0 Å². The summed E-state index contributed by atoms with van der Waals surface area (Å²) in [7, 11) is 0. The first-order chi connectivity index (χ1) is 10.3. The Hall–Kier alpha value is -2.79. The van der Waals surface area contributed by atoms with Crippen molar-refractivity contribution >= 4 is 23.5 Å². The summed E-state index contributed by atoms with van der Waals surface area (Å²) in [5.74, 6) is 0. The molecule has 0 spiro atoms. The topological polar surface area (TPSA) is 73.1 Å². The van der Waals surface area contributed by atoms with Crippen LogP contribution in [0.1, 0.15) is 5.56 Å². The molecule has 1 radical (unpaired) electrons. The molecular formula is C16H16N3O2. The highest BCUT2D eigenvalue weighted by Gasteiger charge is 2.01. The van der Waals surface area contributed by atoms with Gasteiger partial charge in [0, 0.05) is 5.69 Å². The van der Waals surface area contributed by atoms with E-state index in [1.54, 1.807) is 18.2 Å². The zero-order valence-electron chi connectivity index (χ0n) is 11.4. The van der Waals surface area contributed by atoms with Crippen LogP contribution in [0.2, 0.25) is 0 Å². The van der Waals surface area contributed by atoms with E-state index in [1.807, 2.05) is 42.5 Å². The fourth-order valence-corrected chi connectivity index (χ4v) is 1.72. The van der Waals surface area contributed by atoms with Crippen LogP contribution in [0.3, 0.4) is 0 Å². The monoisotopic (exact) mass is 282 g/mol. The van der Waals surface area contributed by atoms with Gasteiger partial charge in [0.1, 0.15) is 6.61 Å². The lowest BCUT2D eigenvalue weighted by Crippen LogP contribution is -2.33. The second kappa shape index (κ2) is 7.72. The first-order valence-electron chi connectivity index (χ1n) is 6.51. The molecule has 5 nitrogen and oxygen atoms in total. The molecule has 0 aliphatic carbocycles. The van der Waals surface area contributed by atoms with Crippen molar-refractivity contribution in [2.45, 2.75) is 0 Å². The Balaban J connectivity index is 1.89. The molecule has 0 aromatic heterocycles. The van der Waals surface area contributed by atoms with E-state index in [0.717, 1.165) is 11.3 Å². The van der Waals surface area contributed by atoms with E-state index in [9.17, 15) is 9.90 Å². The predicted molar refractivity (Wildman–Crippen MR) is 83.2 cm³/mol. The molecule has 0 atom stereocenters. The lowest BCUT2D eigenvalue weighted by atomic mass is 10.2. The molecule has 2 amide bonds. The highest BCUT2D eigenvalue weighted by Crippen LogP contribution is 2.12. The number of carbonyl (C=O) groups is 1. The molecule has 0 aliphatic rings. The number of urea groups is 1. The molecule has 107 valence electrons. The molecule has 0 saturated heterocycles. The molecule has 21 heavy (non-hydrogen) atoms. The number of rotatable bonds is 5. The zero-order valence-corrected chi connectivity index (χ0v) is 11.4. The third kappa shape index (κ3) is 5.00. The summed E-state index contributed by atoms with van der Waals surface area (Å²) < 4.78 is 0. The van der Waals surface area contributed by atoms with Gasteiger partial charge < -0.3 is 5.32 Å². The van der Waals surface area contributed by atoms with E-state index in [1.165, 1.54) is 6.08 Å². The molecule has 0 unspecified atom stereocenters. The number of hydrazine groups is 1. The van der Waals surface area contributed by atoms with Crippen LogP contribution in [0.15, 0.2) is 60.7 Å². The quantitative estimate of drug-likeness (QED) is 0.736. The van der Waals surface area contributed by atoms with Crippen molar-refractivity contribution in [3.05, 3.63) is 66.2 Å². The Labute approximate surface area is 123 Å². The van der Waals surface area contributed by atoms with Crippen molar-refractivity contribution < 1.29 is 9.90 Å². The Morgan fingerprint density at radius 2 is 1.76 bits per heavy atom. The fourth-order valence-electron chi connectivity index (χ4n) is 1.72. The molecule has 3 N–H and O–H groups in total. The molecule has 0 saturated carbocycles. The van der Waals surface area contributed by atoms with Crippen LogP contribution in [-0.2, 0) is 5.11 Å². The number of hydrogen-bond donors (Lipinski definition) is 3. The van der Waals surface area contributed by atoms with E-state index in [2.05, 4.69) is 16.2 Å². The molecule has 5 heteroatoms. The Morgan fingerprint density at radius 3 is 2.52 bits per heavy atom. The van der Waals surface area contributed by atoms with Crippen LogP contribution in [0.4, 0.5) is 16.2 Å². The van der Waals surface area contributed by atoms with Crippen LogP contribution < -0.4 is 16.2 Å². The minimum atomic E-state index is -0.371. The van der Waals surface area contributed by atoms with E-state index < -0.39 is 0 Å². The minimum Gasteiger partial charge on any atom is -0.307 e. The molecular weight excluding hydrogens is 266 g/mol. The normalized spacial score (nSPS) is 10.3.